The van der Waals surface area contributed by atoms with E-state index < -0.39 is 0 Å². The van der Waals surface area contributed by atoms with Crippen LogP contribution in [0.4, 0.5) is 5.69 Å². The molecule has 126 valence electrons. The summed E-state index contributed by atoms with van der Waals surface area (Å²) in [4.78, 5) is 14.0. The fourth-order valence-electron chi connectivity index (χ4n) is 3.25. The number of amides is 1. The highest BCUT2D eigenvalue weighted by atomic mass is 16.5. The minimum Gasteiger partial charge on any atom is -0.492 e. The molecule has 2 aromatic carbocycles. The van der Waals surface area contributed by atoms with Gasteiger partial charge in [0.15, 0.2) is 6.04 Å². The molecular formula is C20H25N2O2+. The smallest absolute Gasteiger partial charge is 0.282 e. The van der Waals surface area contributed by atoms with Crippen LogP contribution >= 0.6 is 0 Å². The van der Waals surface area contributed by atoms with Gasteiger partial charge in [-0.3, -0.25) is 4.79 Å². The second kappa shape index (κ2) is 7.49. The molecule has 0 aliphatic carbocycles. The van der Waals surface area contributed by atoms with E-state index in [1.165, 1.54) is 16.0 Å². The summed E-state index contributed by atoms with van der Waals surface area (Å²) in [6.07, 6.45) is 1.03. The average Bonchev–Trinajstić information content (AvgIpc) is 2.62. The molecule has 0 spiro atoms. The van der Waals surface area contributed by atoms with Crippen LogP contribution in [0.25, 0.3) is 0 Å². The zero-order chi connectivity index (χ0) is 16.9. The van der Waals surface area contributed by atoms with Crippen LogP contribution in [0.1, 0.15) is 25.0 Å². The Hall–Kier alpha value is -2.33. The van der Waals surface area contributed by atoms with Crippen LogP contribution in [0.5, 0.6) is 5.75 Å². The highest BCUT2D eigenvalue weighted by Crippen LogP contribution is 2.23. The lowest BCUT2D eigenvalue weighted by Gasteiger charge is -2.30. The van der Waals surface area contributed by atoms with Gasteiger partial charge in [0, 0.05) is 12.0 Å². The van der Waals surface area contributed by atoms with Gasteiger partial charge in [-0.25, -0.2) is 0 Å². The van der Waals surface area contributed by atoms with Crippen molar-refractivity contribution in [3.63, 3.8) is 0 Å². The number of hydrogen-bond donors (Lipinski definition) is 2. The van der Waals surface area contributed by atoms with Crippen LogP contribution in [0.3, 0.4) is 0 Å². The van der Waals surface area contributed by atoms with Gasteiger partial charge in [0.25, 0.3) is 5.91 Å². The maximum absolute atomic E-state index is 12.7. The van der Waals surface area contributed by atoms with Gasteiger partial charge in [-0.1, -0.05) is 36.4 Å². The summed E-state index contributed by atoms with van der Waals surface area (Å²) in [7, 11) is 0. The molecule has 1 aliphatic heterocycles. The minimum absolute atomic E-state index is 0.0385. The monoisotopic (exact) mass is 325 g/mol. The maximum atomic E-state index is 12.7. The van der Waals surface area contributed by atoms with Crippen molar-refractivity contribution >= 4 is 11.6 Å². The third-order valence-electron chi connectivity index (χ3n) is 4.70. The van der Waals surface area contributed by atoms with E-state index in [4.69, 9.17) is 4.74 Å². The number of rotatable bonds is 5. The van der Waals surface area contributed by atoms with E-state index in [2.05, 4.69) is 29.6 Å². The fourth-order valence-corrected chi connectivity index (χ4v) is 3.25. The summed E-state index contributed by atoms with van der Waals surface area (Å²) in [5.41, 5.74) is 3.51. The van der Waals surface area contributed by atoms with Gasteiger partial charge >= 0.3 is 0 Å². The molecule has 3 rings (SSSR count). The van der Waals surface area contributed by atoms with Crippen molar-refractivity contribution in [2.75, 3.05) is 18.5 Å². The molecule has 2 aromatic rings. The zero-order valence-corrected chi connectivity index (χ0v) is 14.3. The zero-order valence-electron chi connectivity index (χ0n) is 14.3. The molecule has 1 amide bonds. The molecule has 0 fully saturated rings. The first kappa shape index (κ1) is 16.5. The predicted octanol–water partition coefficient (Wildman–Crippen LogP) is 2.05. The Kier molecular flexibility index (Phi) is 5.16. The quantitative estimate of drug-likeness (QED) is 0.884. The van der Waals surface area contributed by atoms with Crippen LogP contribution < -0.4 is 15.0 Å². The van der Waals surface area contributed by atoms with Crippen molar-refractivity contribution in [2.24, 2.45) is 0 Å². The largest absolute Gasteiger partial charge is 0.492 e. The number of carbonyl (C=O) groups is 1. The van der Waals surface area contributed by atoms with Gasteiger partial charge < -0.3 is 15.0 Å². The average molecular weight is 325 g/mol. The standard InChI is InChI=1S/C20H24N2O2/c1-3-24-19-11-7-6-10-18(19)21-20(23)15(2)22-13-12-16-8-4-5-9-17(16)14-22/h4-11,15H,3,12-14H2,1-2H3,(H,21,23)/p+1/t15-/m0/s1. The molecule has 2 atom stereocenters. The summed E-state index contributed by atoms with van der Waals surface area (Å²) in [5.74, 6) is 0.760. The first-order valence-electron chi connectivity index (χ1n) is 8.63. The molecule has 0 bridgehead atoms. The van der Waals surface area contributed by atoms with E-state index in [0.717, 1.165) is 30.9 Å². The topological polar surface area (TPSA) is 42.8 Å². The highest BCUT2D eigenvalue weighted by molar-refractivity contribution is 5.94. The fraction of sp³-hybridized carbons (Fsp3) is 0.350. The highest BCUT2D eigenvalue weighted by Gasteiger charge is 2.29. The Balaban J connectivity index is 1.68. The number of nitrogens with one attached hydrogen (secondary N) is 2. The van der Waals surface area contributed by atoms with E-state index in [-0.39, 0.29) is 11.9 Å². The molecule has 0 saturated carbocycles. The molecule has 1 aliphatic rings. The molecule has 1 heterocycles. The van der Waals surface area contributed by atoms with E-state index in [1.807, 2.05) is 38.1 Å². The Morgan fingerprint density at radius 1 is 1.17 bits per heavy atom. The molecule has 4 heteroatoms. The van der Waals surface area contributed by atoms with E-state index in [1.54, 1.807) is 0 Å². The normalized spacial score (nSPS) is 17.7. The van der Waals surface area contributed by atoms with Crippen molar-refractivity contribution in [1.29, 1.82) is 0 Å². The molecule has 0 aromatic heterocycles. The van der Waals surface area contributed by atoms with Gasteiger partial charge in [-0.15, -0.1) is 0 Å². The van der Waals surface area contributed by atoms with E-state index >= 15 is 0 Å². The van der Waals surface area contributed by atoms with Crippen LogP contribution in [0, 0.1) is 0 Å². The maximum Gasteiger partial charge on any atom is 0.282 e. The number of fused-ring (bicyclic) bond motifs is 1. The molecule has 2 N–H and O–H groups in total. The summed E-state index contributed by atoms with van der Waals surface area (Å²) in [5, 5.41) is 3.03. The summed E-state index contributed by atoms with van der Waals surface area (Å²) in [6, 6.07) is 16.0. The second-order valence-corrected chi connectivity index (χ2v) is 6.24. The van der Waals surface area contributed by atoms with Crippen LogP contribution in [-0.4, -0.2) is 25.1 Å². The van der Waals surface area contributed by atoms with E-state index in [0.29, 0.717) is 6.61 Å². The van der Waals surface area contributed by atoms with Crippen LogP contribution in [0.15, 0.2) is 48.5 Å². The van der Waals surface area contributed by atoms with Crippen LogP contribution in [0.2, 0.25) is 0 Å². The summed E-state index contributed by atoms with van der Waals surface area (Å²) in [6.45, 7) is 6.41. The Morgan fingerprint density at radius 2 is 1.88 bits per heavy atom. The Bertz CT molecular complexity index is 714. The second-order valence-electron chi connectivity index (χ2n) is 6.24. The number of anilines is 1. The van der Waals surface area contributed by atoms with Gasteiger partial charge in [0.1, 0.15) is 12.3 Å². The number of quaternary nitrogens is 1. The van der Waals surface area contributed by atoms with Gasteiger partial charge in [-0.05, 0) is 31.5 Å². The molecule has 24 heavy (non-hydrogen) atoms. The summed E-state index contributed by atoms with van der Waals surface area (Å²) >= 11 is 0. The number of ether oxygens (including phenoxy) is 1. The van der Waals surface area contributed by atoms with Crippen molar-refractivity contribution in [3.8, 4) is 5.75 Å². The number of benzene rings is 2. The molecule has 0 radical (unpaired) electrons. The number of para-hydroxylation sites is 2. The SMILES string of the molecule is CCOc1ccccc1NC(=O)[C@H](C)[NH+]1CCc2ccccc2C1. The predicted molar refractivity (Wildman–Crippen MR) is 95.4 cm³/mol. The van der Waals surface area contributed by atoms with Crippen molar-refractivity contribution in [3.05, 3.63) is 59.7 Å². The first-order chi connectivity index (χ1) is 11.7. The lowest BCUT2D eigenvalue weighted by atomic mass is 9.99. The van der Waals surface area contributed by atoms with Crippen molar-refractivity contribution < 1.29 is 14.4 Å². The lowest BCUT2D eigenvalue weighted by molar-refractivity contribution is -0.929. The summed E-state index contributed by atoms with van der Waals surface area (Å²) < 4.78 is 5.59. The Morgan fingerprint density at radius 3 is 2.67 bits per heavy atom. The minimum atomic E-state index is -0.104. The third kappa shape index (κ3) is 3.60. The molecule has 4 nitrogen and oxygen atoms in total. The Labute approximate surface area is 143 Å². The lowest BCUT2D eigenvalue weighted by Crippen LogP contribution is -3.16. The van der Waals surface area contributed by atoms with Gasteiger partial charge in [-0.2, -0.15) is 0 Å². The van der Waals surface area contributed by atoms with Crippen molar-refractivity contribution in [1.82, 2.24) is 0 Å². The molecule has 1 unspecified atom stereocenters. The van der Waals surface area contributed by atoms with Gasteiger partial charge in [0.2, 0.25) is 0 Å². The van der Waals surface area contributed by atoms with E-state index in [9.17, 15) is 4.79 Å². The molecular weight excluding hydrogens is 300 g/mol. The third-order valence-corrected chi connectivity index (χ3v) is 4.70. The molecule has 0 saturated heterocycles. The first-order valence-corrected chi connectivity index (χ1v) is 8.63. The number of carbonyl (C=O) groups excluding carboxylic acids is 1. The van der Waals surface area contributed by atoms with Gasteiger partial charge in [0.05, 0.1) is 18.8 Å². The van der Waals surface area contributed by atoms with Crippen molar-refractivity contribution in [2.45, 2.75) is 32.9 Å². The van der Waals surface area contributed by atoms with Crippen LogP contribution in [-0.2, 0) is 17.8 Å². The number of hydrogen-bond acceptors (Lipinski definition) is 2.